The topological polar surface area (TPSA) is 69.4 Å². The molecule has 2 bridgehead atoms. The number of nitrogens with zero attached hydrogens (tertiary/aromatic N) is 1. The molecule has 4 fully saturated rings. The number of ketones is 1. The van der Waals surface area contributed by atoms with Gasteiger partial charge in [-0.1, -0.05) is 52.3 Å². The van der Waals surface area contributed by atoms with Gasteiger partial charge in [-0.05, 0) is 79.6 Å². The molecule has 5 nitrogen and oxygen atoms in total. The zero-order chi connectivity index (χ0) is 24.8. The summed E-state index contributed by atoms with van der Waals surface area (Å²) < 4.78 is 12.2. The third-order valence-corrected chi connectivity index (χ3v) is 12.8. The molecule has 8 atom stereocenters. The van der Waals surface area contributed by atoms with E-state index in [1.165, 1.54) is 11.1 Å². The van der Waals surface area contributed by atoms with Crippen molar-refractivity contribution in [1.29, 1.82) is 0 Å². The van der Waals surface area contributed by atoms with Crippen LogP contribution in [0.3, 0.4) is 0 Å². The molecule has 1 aromatic rings. The fourth-order valence-corrected chi connectivity index (χ4v) is 10.7. The molecular formula is C30H39NO4. The van der Waals surface area contributed by atoms with Crippen LogP contribution in [-0.4, -0.2) is 22.5 Å². The molecule has 0 N–H and O–H groups in total. The SMILES string of the molecule is C[C@@H]1c2oncc2C[C@]2(C)C3=CC(=O)[C@]45OC(=O)[C@@]6(CCC(C)(C)CC64)CC[C@@]5(C)[C@]3(C)CC[C@@H]12. The molecule has 0 aromatic carbocycles. The summed E-state index contributed by atoms with van der Waals surface area (Å²) in [4.78, 5) is 28.2. The quantitative estimate of drug-likeness (QED) is 0.418. The average molecular weight is 478 g/mol. The van der Waals surface area contributed by atoms with E-state index in [1.807, 2.05) is 12.3 Å². The van der Waals surface area contributed by atoms with Gasteiger partial charge in [0.15, 0.2) is 11.4 Å². The molecule has 7 rings (SSSR count). The Morgan fingerprint density at radius 1 is 1.00 bits per heavy atom. The number of aromatic nitrogens is 1. The summed E-state index contributed by atoms with van der Waals surface area (Å²) in [6.45, 7) is 13.9. The molecular weight excluding hydrogens is 438 g/mol. The molecule has 5 aliphatic carbocycles. The molecule has 188 valence electrons. The normalized spacial score (nSPS) is 51.3. The lowest BCUT2D eigenvalue weighted by molar-refractivity contribution is -0.206. The van der Waals surface area contributed by atoms with Crippen molar-refractivity contribution in [2.24, 2.45) is 38.9 Å². The van der Waals surface area contributed by atoms with Crippen molar-refractivity contribution < 1.29 is 18.8 Å². The number of fused-ring (bicyclic) bond motifs is 5. The first-order valence-electron chi connectivity index (χ1n) is 13.8. The number of esters is 1. The first-order valence-corrected chi connectivity index (χ1v) is 13.8. The number of carbonyl (C=O) groups is 2. The van der Waals surface area contributed by atoms with Crippen LogP contribution in [0.25, 0.3) is 0 Å². The van der Waals surface area contributed by atoms with E-state index in [9.17, 15) is 9.59 Å². The van der Waals surface area contributed by atoms with Gasteiger partial charge in [0.1, 0.15) is 5.76 Å². The Hall–Kier alpha value is -1.91. The highest BCUT2D eigenvalue weighted by molar-refractivity contribution is 6.05. The van der Waals surface area contributed by atoms with E-state index in [0.29, 0.717) is 5.92 Å². The number of allylic oxidation sites excluding steroid dienone is 1. The van der Waals surface area contributed by atoms with Gasteiger partial charge < -0.3 is 9.26 Å². The highest BCUT2D eigenvalue weighted by Crippen LogP contribution is 2.78. The summed E-state index contributed by atoms with van der Waals surface area (Å²) in [5.74, 6) is 1.67. The number of carbonyl (C=O) groups excluding carboxylic acids is 2. The second-order valence-electron chi connectivity index (χ2n) is 14.5. The van der Waals surface area contributed by atoms with Crippen molar-refractivity contribution in [1.82, 2.24) is 5.16 Å². The maximum absolute atomic E-state index is 14.5. The minimum Gasteiger partial charge on any atom is -0.449 e. The van der Waals surface area contributed by atoms with Gasteiger partial charge in [-0.15, -0.1) is 0 Å². The molecule has 0 amide bonds. The standard InChI is InChI=1S/C30H39NO4/c1-17-19-7-8-27(5)20(26(19,4)14-18-16-31-35-23(17)18)13-22(32)30-21-15-25(2,3)9-11-29(21,24(33)34-30)12-10-28(27,30)6/h13,16-17,19,21H,7-12,14-15H2,1-6H3/t17-,19-,21?,26-,27+,28-,29-,30+/m0/s1. The number of rotatable bonds is 0. The molecule has 2 heterocycles. The second kappa shape index (κ2) is 6.14. The van der Waals surface area contributed by atoms with Crippen LogP contribution in [0.5, 0.6) is 0 Å². The first-order chi connectivity index (χ1) is 16.3. The van der Waals surface area contributed by atoms with E-state index in [-0.39, 0.29) is 39.8 Å². The third-order valence-electron chi connectivity index (χ3n) is 12.8. The maximum atomic E-state index is 14.5. The van der Waals surface area contributed by atoms with Crippen LogP contribution in [-0.2, 0) is 20.7 Å². The molecule has 1 unspecified atom stereocenters. The lowest BCUT2D eigenvalue weighted by Crippen LogP contribution is -2.71. The summed E-state index contributed by atoms with van der Waals surface area (Å²) in [7, 11) is 0. The van der Waals surface area contributed by atoms with Gasteiger partial charge >= 0.3 is 5.97 Å². The minimum absolute atomic E-state index is 0.0207. The van der Waals surface area contributed by atoms with E-state index in [0.717, 1.165) is 57.1 Å². The van der Waals surface area contributed by atoms with E-state index in [1.54, 1.807) is 0 Å². The monoisotopic (exact) mass is 477 g/mol. The largest absolute Gasteiger partial charge is 0.449 e. The number of ether oxygens (including phenoxy) is 1. The van der Waals surface area contributed by atoms with Crippen LogP contribution in [0.4, 0.5) is 0 Å². The summed E-state index contributed by atoms with van der Waals surface area (Å²) in [6.07, 6.45) is 11.3. The Balaban J connectivity index is 1.43. The predicted molar refractivity (Wildman–Crippen MR) is 130 cm³/mol. The molecule has 3 saturated carbocycles. The van der Waals surface area contributed by atoms with Crippen molar-refractivity contribution in [2.75, 3.05) is 0 Å². The van der Waals surface area contributed by atoms with Crippen molar-refractivity contribution >= 4 is 11.8 Å². The Bertz CT molecular complexity index is 1210. The van der Waals surface area contributed by atoms with Gasteiger partial charge in [0.05, 0.1) is 11.6 Å². The lowest BCUT2D eigenvalue weighted by Gasteiger charge is -2.68. The first kappa shape index (κ1) is 22.3. The fourth-order valence-electron chi connectivity index (χ4n) is 10.7. The van der Waals surface area contributed by atoms with E-state index < -0.39 is 16.4 Å². The third kappa shape index (κ3) is 2.19. The van der Waals surface area contributed by atoms with Gasteiger partial charge in [0.2, 0.25) is 0 Å². The smallest absolute Gasteiger partial charge is 0.313 e. The Labute approximate surface area is 208 Å². The summed E-state index contributed by atoms with van der Waals surface area (Å²) >= 11 is 0. The fraction of sp³-hybridized carbons (Fsp3) is 0.767. The zero-order valence-electron chi connectivity index (χ0n) is 22.1. The van der Waals surface area contributed by atoms with E-state index in [4.69, 9.17) is 9.26 Å². The van der Waals surface area contributed by atoms with Gasteiger partial charge in [-0.3, -0.25) is 9.59 Å². The van der Waals surface area contributed by atoms with Crippen LogP contribution in [0.15, 0.2) is 22.4 Å². The van der Waals surface area contributed by atoms with Crippen LogP contribution in [0.2, 0.25) is 0 Å². The van der Waals surface area contributed by atoms with Crippen LogP contribution >= 0.6 is 0 Å². The van der Waals surface area contributed by atoms with Crippen molar-refractivity contribution in [3.63, 3.8) is 0 Å². The summed E-state index contributed by atoms with van der Waals surface area (Å²) in [6, 6.07) is 0. The van der Waals surface area contributed by atoms with Crippen molar-refractivity contribution in [3.05, 3.63) is 29.2 Å². The Kier molecular flexibility index (Phi) is 3.91. The van der Waals surface area contributed by atoms with E-state index in [2.05, 4.69) is 46.7 Å². The van der Waals surface area contributed by atoms with Crippen molar-refractivity contribution in [2.45, 2.75) is 104 Å². The second-order valence-corrected chi connectivity index (χ2v) is 14.5. The summed E-state index contributed by atoms with van der Waals surface area (Å²) in [5.41, 5.74) is 0.376. The minimum atomic E-state index is -1.02. The molecule has 35 heavy (non-hydrogen) atoms. The molecule has 1 aliphatic heterocycles. The van der Waals surface area contributed by atoms with Gasteiger partial charge in [-0.2, -0.15) is 0 Å². The van der Waals surface area contributed by atoms with Gasteiger partial charge in [-0.25, -0.2) is 0 Å². The van der Waals surface area contributed by atoms with Crippen LogP contribution < -0.4 is 0 Å². The molecule has 1 saturated heterocycles. The van der Waals surface area contributed by atoms with E-state index >= 15 is 0 Å². The number of hydrogen-bond donors (Lipinski definition) is 0. The van der Waals surface area contributed by atoms with Gasteiger partial charge in [0.25, 0.3) is 0 Å². The number of hydrogen-bond acceptors (Lipinski definition) is 5. The molecule has 1 aromatic heterocycles. The molecule has 1 spiro atoms. The summed E-state index contributed by atoms with van der Waals surface area (Å²) in [5, 5.41) is 4.14. The molecule has 0 radical (unpaired) electrons. The zero-order valence-corrected chi connectivity index (χ0v) is 22.1. The Morgan fingerprint density at radius 3 is 2.51 bits per heavy atom. The average Bonchev–Trinajstić information content (AvgIpc) is 3.31. The predicted octanol–water partition coefficient (Wildman–Crippen LogP) is 6.17. The molecule has 6 aliphatic rings. The highest BCUT2D eigenvalue weighted by Gasteiger charge is 2.82. The van der Waals surface area contributed by atoms with Crippen LogP contribution in [0.1, 0.15) is 104 Å². The van der Waals surface area contributed by atoms with Gasteiger partial charge in [0, 0.05) is 22.8 Å². The Morgan fingerprint density at radius 2 is 1.74 bits per heavy atom. The maximum Gasteiger partial charge on any atom is 0.313 e. The van der Waals surface area contributed by atoms with Crippen LogP contribution in [0, 0.1) is 38.9 Å². The van der Waals surface area contributed by atoms with Crippen molar-refractivity contribution in [3.8, 4) is 0 Å². The molecule has 5 heteroatoms. The lowest BCUT2D eigenvalue weighted by atomic mass is 9.34. The highest BCUT2D eigenvalue weighted by atomic mass is 16.6.